The molecular weight excluding hydrogens is 343 g/mol. The Labute approximate surface area is 151 Å². The molecule has 2 unspecified atom stereocenters. The van der Waals surface area contributed by atoms with Crippen LogP contribution in [-0.4, -0.2) is 37.1 Å². The summed E-state index contributed by atoms with van der Waals surface area (Å²) < 4.78 is 25.3. The van der Waals surface area contributed by atoms with E-state index in [1.807, 2.05) is 0 Å². The molecule has 0 aromatic heterocycles. The molecule has 8 heteroatoms. The van der Waals surface area contributed by atoms with E-state index in [2.05, 4.69) is 10.6 Å². The first-order chi connectivity index (χ1) is 12.1. The van der Waals surface area contributed by atoms with Gasteiger partial charge in [0.2, 0.25) is 5.91 Å². The largest absolute Gasteiger partial charge is 0.444 e. The molecule has 0 saturated carbocycles. The molecule has 2 atom stereocenters. The Morgan fingerprint density at radius 3 is 2.65 bits per heavy atom. The van der Waals surface area contributed by atoms with Crippen molar-refractivity contribution in [2.45, 2.75) is 38.8 Å². The lowest BCUT2D eigenvalue weighted by Gasteiger charge is -2.34. The minimum atomic E-state index is -1.43. The van der Waals surface area contributed by atoms with Crippen molar-refractivity contribution in [2.24, 2.45) is 5.92 Å². The number of amides is 2. The lowest BCUT2D eigenvalue weighted by molar-refractivity contribution is -0.114. The molecule has 1 fully saturated rings. The number of hydrogen-bond donors (Lipinski definition) is 2. The molecule has 2 rings (SSSR count). The first kappa shape index (κ1) is 19.8. The number of alkyl carbamates (subject to hydrolysis) is 1. The molecule has 2 amide bonds. The molecule has 7 nitrogen and oxygen atoms in total. The molecule has 1 aliphatic heterocycles. The molecular formula is C18H23FN2O5. The molecule has 0 bridgehead atoms. The van der Waals surface area contributed by atoms with Crippen molar-refractivity contribution in [1.29, 1.82) is 0 Å². The zero-order chi connectivity index (χ0) is 19.5. The van der Waals surface area contributed by atoms with Gasteiger partial charge in [-0.05, 0) is 39.0 Å². The summed E-state index contributed by atoms with van der Waals surface area (Å²) in [5, 5.41) is 5.18. The normalized spacial score (nSPS) is 22.6. The number of aldehydes is 1. The third kappa shape index (κ3) is 4.37. The van der Waals surface area contributed by atoms with E-state index in [0.717, 1.165) is 0 Å². The summed E-state index contributed by atoms with van der Waals surface area (Å²) in [5.74, 6) is -1.77. The van der Waals surface area contributed by atoms with Crippen LogP contribution in [0, 0.1) is 11.7 Å². The van der Waals surface area contributed by atoms with Crippen LogP contribution >= 0.6 is 0 Å². The van der Waals surface area contributed by atoms with Gasteiger partial charge in [-0.15, -0.1) is 0 Å². The van der Waals surface area contributed by atoms with Crippen molar-refractivity contribution in [3.05, 3.63) is 29.6 Å². The van der Waals surface area contributed by atoms with Gasteiger partial charge in [-0.3, -0.25) is 4.79 Å². The number of benzene rings is 1. The summed E-state index contributed by atoms with van der Waals surface area (Å²) >= 11 is 0. The fourth-order valence-corrected chi connectivity index (χ4v) is 2.86. The highest BCUT2D eigenvalue weighted by Gasteiger charge is 2.49. The van der Waals surface area contributed by atoms with Crippen molar-refractivity contribution < 1.29 is 28.2 Å². The summed E-state index contributed by atoms with van der Waals surface area (Å²) in [6.45, 7) is 6.34. The number of carbonyl (C=O) groups excluding carboxylic acids is 3. The second kappa shape index (κ2) is 7.41. The number of hydrogen-bond acceptors (Lipinski definition) is 5. The van der Waals surface area contributed by atoms with E-state index in [9.17, 15) is 18.8 Å². The Bertz CT molecular complexity index is 716. The molecule has 1 saturated heterocycles. The van der Waals surface area contributed by atoms with E-state index in [4.69, 9.17) is 9.47 Å². The number of anilines is 1. The van der Waals surface area contributed by atoms with Gasteiger partial charge in [0.05, 0.1) is 19.1 Å². The smallest absolute Gasteiger partial charge is 0.408 e. The minimum Gasteiger partial charge on any atom is -0.444 e. The van der Waals surface area contributed by atoms with Crippen LogP contribution in [-0.2, 0) is 24.6 Å². The number of ether oxygens (including phenoxy) is 2. The summed E-state index contributed by atoms with van der Waals surface area (Å²) in [5.41, 5.74) is -1.80. The van der Waals surface area contributed by atoms with Gasteiger partial charge in [-0.25, -0.2) is 9.18 Å². The second-order valence-electron chi connectivity index (χ2n) is 7.23. The van der Waals surface area contributed by atoms with Crippen LogP contribution in [0.5, 0.6) is 0 Å². The second-order valence-corrected chi connectivity index (χ2v) is 7.23. The third-order valence-electron chi connectivity index (χ3n) is 3.92. The summed E-state index contributed by atoms with van der Waals surface area (Å²) in [4.78, 5) is 35.2. The predicted octanol–water partition coefficient (Wildman–Crippen LogP) is 2.35. The molecule has 1 aromatic carbocycles. The fraction of sp³-hybridized carbons (Fsp3) is 0.500. The first-order valence-corrected chi connectivity index (χ1v) is 8.19. The van der Waals surface area contributed by atoms with Gasteiger partial charge in [-0.1, -0.05) is 0 Å². The standard InChI is InChI=1S/C18H23FN2O5/c1-11(23)20-13-5-6-15(19)14(7-13)18(10-25-9-12(18)8-22)21-16(24)26-17(2,3)4/h5-8,12H,9-10H2,1-4H3,(H,20,23)(H,21,24). The SMILES string of the molecule is CC(=O)Nc1ccc(F)c(C2(NC(=O)OC(C)(C)C)COCC2C=O)c1. The Kier molecular flexibility index (Phi) is 5.65. The van der Waals surface area contributed by atoms with Crippen molar-refractivity contribution in [3.8, 4) is 0 Å². The van der Waals surface area contributed by atoms with Crippen LogP contribution in [0.3, 0.4) is 0 Å². The average Bonchev–Trinajstić information content (AvgIpc) is 2.90. The number of rotatable bonds is 4. The highest BCUT2D eigenvalue weighted by molar-refractivity contribution is 5.88. The van der Waals surface area contributed by atoms with E-state index in [1.165, 1.54) is 25.1 Å². The molecule has 0 aliphatic carbocycles. The molecule has 0 spiro atoms. The van der Waals surface area contributed by atoms with Crippen molar-refractivity contribution >= 4 is 24.0 Å². The van der Waals surface area contributed by atoms with Gasteiger partial charge < -0.3 is 24.9 Å². The number of halogens is 1. The van der Waals surface area contributed by atoms with Crippen LogP contribution in [0.25, 0.3) is 0 Å². The van der Waals surface area contributed by atoms with E-state index < -0.39 is 29.0 Å². The number of carbonyl (C=O) groups is 3. The topological polar surface area (TPSA) is 93.7 Å². The Hall–Kier alpha value is -2.48. The molecule has 1 heterocycles. The monoisotopic (exact) mass is 366 g/mol. The van der Waals surface area contributed by atoms with Crippen molar-refractivity contribution in [1.82, 2.24) is 5.32 Å². The van der Waals surface area contributed by atoms with Crippen LogP contribution in [0.1, 0.15) is 33.3 Å². The quantitative estimate of drug-likeness (QED) is 0.798. The highest BCUT2D eigenvalue weighted by atomic mass is 19.1. The molecule has 2 N–H and O–H groups in total. The summed E-state index contributed by atoms with van der Waals surface area (Å²) in [7, 11) is 0. The third-order valence-corrected chi connectivity index (χ3v) is 3.92. The van der Waals surface area contributed by atoms with Gasteiger partial charge in [0.1, 0.15) is 23.2 Å². The van der Waals surface area contributed by atoms with E-state index >= 15 is 0 Å². The van der Waals surface area contributed by atoms with E-state index in [0.29, 0.717) is 12.0 Å². The van der Waals surface area contributed by atoms with Crippen LogP contribution in [0.2, 0.25) is 0 Å². The zero-order valence-electron chi connectivity index (χ0n) is 15.2. The van der Waals surface area contributed by atoms with Crippen molar-refractivity contribution in [3.63, 3.8) is 0 Å². The molecule has 142 valence electrons. The van der Waals surface area contributed by atoms with Gasteiger partial charge >= 0.3 is 6.09 Å². The van der Waals surface area contributed by atoms with Gasteiger partial charge in [0.25, 0.3) is 0 Å². The Balaban J connectivity index is 2.47. The molecule has 26 heavy (non-hydrogen) atoms. The molecule has 0 radical (unpaired) electrons. The maximum atomic E-state index is 14.6. The average molecular weight is 366 g/mol. The maximum Gasteiger partial charge on any atom is 0.408 e. The minimum absolute atomic E-state index is 0.0309. The van der Waals surface area contributed by atoms with Crippen LogP contribution < -0.4 is 10.6 Å². The first-order valence-electron chi connectivity index (χ1n) is 8.19. The maximum absolute atomic E-state index is 14.6. The number of nitrogens with one attached hydrogen (secondary N) is 2. The van der Waals surface area contributed by atoms with Gasteiger partial charge in [-0.2, -0.15) is 0 Å². The van der Waals surface area contributed by atoms with Gasteiger partial charge in [0.15, 0.2) is 0 Å². The summed E-state index contributed by atoms with van der Waals surface area (Å²) in [6.07, 6.45) is -0.173. The fourth-order valence-electron chi connectivity index (χ4n) is 2.86. The van der Waals surface area contributed by atoms with Crippen LogP contribution in [0.4, 0.5) is 14.9 Å². The molecule has 1 aromatic rings. The highest BCUT2D eigenvalue weighted by Crippen LogP contribution is 2.37. The zero-order valence-corrected chi connectivity index (χ0v) is 15.2. The van der Waals surface area contributed by atoms with E-state index in [-0.39, 0.29) is 24.7 Å². The molecule has 1 aliphatic rings. The predicted molar refractivity (Wildman–Crippen MR) is 92.1 cm³/mol. The Morgan fingerprint density at radius 2 is 2.08 bits per heavy atom. The van der Waals surface area contributed by atoms with E-state index in [1.54, 1.807) is 20.8 Å². The van der Waals surface area contributed by atoms with Crippen LogP contribution in [0.15, 0.2) is 18.2 Å². The lowest BCUT2D eigenvalue weighted by Crippen LogP contribution is -2.53. The van der Waals surface area contributed by atoms with Gasteiger partial charge in [0, 0.05) is 18.2 Å². The summed E-state index contributed by atoms with van der Waals surface area (Å²) in [6, 6.07) is 3.95. The Morgan fingerprint density at radius 1 is 1.38 bits per heavy atom. The lowest BCUT2D eigenvalue weighted by atomic mass is 9.80. The van der Waals surface area contributed by atoms with Crippen molar-refractivity contribution in [2.75, 3.05) is 18.5 Å².